The Morgan fingerprint density at radius 2 is 1.76 bits per heavy atom. The van der Waals surface area contributed by atoms with Crippen molar-refractivity contribution < 1.29 is 19.1 Å². The molecule has 2 heterocycles. The lowest BCUT2D eigenvalue weighted by Gasteiger charge is -2.20. The molecule has 2 aliphatic heterocycles. The third-order valence-electron chi connectivity index (χ3n) is 4.83. The zero-order valence-corrected chi connectivity index (χ0v) is 15.9. The number of carbonyl (C=O) groups is 3. The van der Waals surface area contributed by atoms with Crippen LogP contribution < -0.4 is 15.0 Å². The van der Waals surface area contributed by atoms with Crippen molar-refractivity contribution in [3.8, 4) is 5.75 Å². The summed E-state index contributed by atoms with van der Waals surface area (Å²) in [5.41, 5.74) is 2.08. The van der Waals surface area contributed by atoms with Gasteiger partial charge < -0.3 is 10.1 Å². The summed E-state index contributed by atoms with van der Waals surface area (Å²) in [4.78, 5) is 39.1. The molecule has 1 saturated heterocycles. The number of aryl methyl sites for hydroxylation is 1. The molecule has 2 aromatic carbocycles. The Bertz CT molecular complexity index is 987. The number of methoxy groups -OCH3 is 1. The normalized spacial score (nSPS) is 20.2. The third kappa shape index (κ3) is 3.42. The first kappa shape index (κ1) is 18.6. The van der Waals surface area contributed by atoms with Crippen molar-refractivity contribution in [1.82, 2.24) is 5.01 Å². The van der Waals surface area contributed by atoms with Crippen LogP contribution in [0, 0.1) is 6.92 Å². The second kappa shape index (κ2) is 7.34. The lowest BCUT2D eigenvalue weighted by atomic mass is 10.1. The van der Waals surface area contributed by atoms with Gasteiger partial charge in [0.25, 0.3) is 11.8 Å². The first-order valence-corrected chi connectivity index (χ1v) is 9.04. The molecule has 9 nitrogen and oxygen atoms in total. The highest BCUT2D eigenvalue weighted by molar-refractivity contribution is 6.25. The number of imide groups is 1. The van der Waals surface area contributed by atoms with E-state index in [2.05, 4.69) is 15.7 Å². The van der Waals surface area contributed by atoms with Crippen LogP contribution in [0.2, 0.25) is 0 Å². The molecule has 148 valence electrons. The molecule has 0 aromatic heterocycles. The summed E-state index contributed by atoms with van der Waals surface area (Å²) in [6.07, 6.45) is 0. The molecule has 0 aliphatic carbocycles. The quantitative estimate of drug-likeness (QED) is 0.782. The van der Waals surface area contributed by atoms with Gasteiger partial charge in [0.05, 0.1) is 12.8 Å². The number of nitrogens with one attached hydrogen (secondary N) is 1. The summed E-state index contributed by atoms with van der Waals surface area (Å²) in [7, 11) is 1.56. The van der Waals surface area contributed by atoms with Crippen LogP contribution in [-0.2, 0) is 14.4 Å². The number of hydrogen-bond donors (Lipinski definition) is 1. The molecule has 2 atom stereocenters. The molecule has 1 N–H and O–H groups in total. The number of hydrogen-bond acceptors (Lipinski definition) is 7. The predicted octanol–water partition coefficient (Wildman–Crippen LogP) is 1.94. The predicted molar refractivity (Wildman–Crippen MR) is 104 cm³/mol. The van der Waals surface area contributed by atoms with Gasteiger partial charge >= 0.3 is 0 Å². The summed E-state index contributed by atoms with van der Waals surface area (Å²) in [6, 6.07) is 12.1. The van der Waals surface area contributed by atoms with E-state index in [0.29, 0.717) is 17.1 Å². The van der Waals surface area contributed by atoms with Gasteiger partial charge in [-0.25, -0.2) is 4.90 Å². The van der Waals surface area contributed by atoms with Crippen molar-refractivity contribution in [2.45, 2.75) is 19.0 Å². The number of anilines is 2. The van der Waals surface area contributed by atoms with Gasteiger partial charge in [-0.1, -0.05) is 22.9 Å². The Morgan fingerprint density at radius 1 is 1.07 bits per heavy atom. The zero-order chi connectivity index (χ0) is 20.5. The first-order chi connectivity index (χ1) is 14.0. The maximum absolute atomic E-state index is 12.9. The molecule has 29 heavy (non-hydrogen) atoms. The minimum Gasteiger partial charge on any atom is -0.497 e. The zero-order valence-electron chi connectivity index (χ0n) is 15.9. The number of amides is 3. The number of ether oxygens (including phenoxy) is 1. The van der Waals surface area contributed by atoms with Crippen molar-refractivity contribution in [3.63, 3.8) is 0 Å². The number of benzene rings is 2. The van der Waals surface area contributed by atoms with Gasteiger partial charge in [-0.2, -0.15) is 5.11 Å². The number of carbonyl (C=O) groups excluding carboxylic acids is 3. The standard InChI is InChI=1S/C20H19N5O4/c1-12-3-7-14(8-4-12)25-19(27)17-18(20(25)28)24(23-22-17)11-16(26)21-13-5-9-15(29-2)10-6-13/h3-10,17-18H,11H2,1-2H3,(H,21,26)/t17-,18+/m1/s1. The second-order valence-electron chi connectivity index (χ2n) is 6.82. The molecule has 2 aromatic rings. The maximum atomic E-state index is 12.9. The topological polar surface area (TPSA) is 104 Å². The molecule has 0 spiro atoms. The van der Waals surface area contributed by atoms with Crippen molar-refractivity contribution in [2.24, 2.45) is 10.3 Å². The monoisotopic (exact) mass is 393 g/mol. The van der Waals surface area contributed by atoms with Gasteiger partial charge in [0.1, 0.15) is 12.3 Å². The van der Waals surface area contributed by atoms with Gasteiger partial charge in [0.2, 0.25) is 5.91 Å². The van der Waals surface area contributed by atoms with Crippen LogP contribution in [0.25, 0.3) is 0 Å². The molecule has 2 aliphatic rings. The fourth-order valence-corrected chi connectivity index (χ4v) is 3.32. The van der Waals surface area contributed by atoms with E-state index in [1.807, 2.05) is 19.1 Å². The summed E-state index contributed by atoms with van der Waals surface area (Å²) in [6.45, 7) is 1.72. The molecule has 3 amide bonds. The number of fused-ring (bicyclic) bond motifs is 1. The lowest BCUT2D eigenvalue weighted by molar-refractivity contribution is -0.123. The molecule has 0 unspecified atom stereocenters. The number of rotatable bonds is 5. The Kier molecular flexibility index (Phi) is 4.71. The average Bonchev–Trinajstić information content (AvgIpc) is 3.23. The highest BCUT2D eigenvalue weighted by Gasteiger charge is 2.55. The summed E-state index contributed by atoms with van der Waals surface area (Å²) < 4.78 is 5.08. The summed E-state index contributed by atoms with van der Waals surface area (Å²) in [5.74, 6) is -0.578. The van der Waals surface area contributed by atoms with Crippen molar-refractivity contribution in [3.05, 3.63) is 54.1 Å². The fourth-order valence-electron chi connectivity index (χ4n) is 3.32. The maximum Gasteiger partial charge on any atom is 0.263 e. The molecule has 0 radical (unpaired) electrons. The summed E-state index contributed by atoms with van der Waals surface area (Å²) in [5, 5.41) is 11.8. The SMILES string of the molecule is COc1ccc(NC(=O)CN2N=N[C@H]3C(=O)N(c4ccc(C)cc4)C(=O)[C@H]32)cc1. The first-order valence-electron chi connectivity index (χ1n) is 9.04. The van der Waals surface area contributed by atoms with Crippen LogP contribution in [0.3, 0.4) is 0 Å². The average molecular weight is 393 g/mol. The van der Waals surface area contributed by atoms with E-state index in [0.717, 1.165) is 10.5 Å². The van der Waals surface area contributed by atoms with Gasteiger partial charge in [-0.15, -0.1) is 0 Å². The Morgan fingerprint density at radius 3 is 2.41 bits per heavy atom. The largest absolute Gasteiger partial charge is 0.497 e. The van der Waals surface area contributed by atoms with Gasteiger partial charge in [0, 0.05) is 5.69 Å². The van der Waals surface area contributed by atoms with Gasteiger partial charge in [0.15, 0.2) is 12.1 Å². The van der Waals surface area contributed by atoms with Crippen LogP contribution in [0.15, 0.2) is 58.9 Å². The minimum atomic E-state index is -0.933. The molecule has 9 heteroatoms. The van der Waals surface area contributed by atoms with E-state index >= 15 is 0 Å². The highest BCUT2D eigenvalue weighted by atomic mass is 16.5. The molecular formula is C20H19N5O4. The molecule has 0 saturated carbocycles. The Labute approximate surface area is 166 Å². The van der Waals surface area contributed by atoms with E-state index < -0.39 is 23.9 Å². The Hall–Kier alpha value is -3.75. The molecule has 1 fully saturated rings. The Balaban J connectivity index is 1.45. The van der Waals surface area contributed by atoms with E-state index in [9.17, 15) is 14.4 Å². The van der Waals surface area contributed by atoms with Crippen molar-refractivity contribution in [1.29, 1.82) is 0 Å². The van der Waals surface area contributed by atoms with E-state index in [-0.39, 0.29) is 12.5 Å². The fraction of sp³-hybridized carbons (Fsp3) is 0.250. The van der Waals surface area contributed by atoms with Crippen LogP contribution in [0.1, 0.15) is 5.56 Å². The molecular weight excluding hydrogens is 374 g/mol. The van der Waals surface area contributed by atoms with Crippen molar-refractivity contribution >= 4 is 29.1 Å². The third-order valence-corrected chi connectivity index (χ3v) is 4.83. The van der Waals surface area contributed by atoms with E-state index in [4.69, 9.17) is 4.74 Å². The highest BCUT2D eigenvalue weighted by Crippen LogP contribution is 2.31. The van der Waals surface area contributed by atoms with Gasteiger partial charge in [-0.3, -0.25) is 19.4 Å². The summed E-state index contributed by atoms with van der Waals surface area (Å²) >= 11 is 0. The van der Waals surface area contributed by atoms with Gasteiger partial charge in [-0.05, 0) is 43.3 Å². The molecule has 0 bridgehead atoms. The van der Waals surface area contributed by atoms with E-state index in [1.165, 1.54) is 5.01 Å². The smallest absolute Gasteiger partial charge is 0.263 e. The van der Waals surface area contributed by atoms with Crippen LogP contribution in [-0.4, -0.2) is 48.5 Å². The lowest BCUT2D eigenvalue weighted by Crippen LogP contribution is -2.43. The minimum absolute atomic E-state index is 0.197. The van der Waals surface area contributed by atoms with Crippen LogP contribution in [0.4, 0.5) is 11.4 Å². The second-order valence-corrected chi connectivity index (χ2v) is 6.82. The van der Waals surface area contributed by atoms with Crippen molar-refractivity contribution in [2.75, 3.05) is 23.9 Å². The molecule has 4 rings (SSSR count). The van der Waals surface area contributed by atoms with E-state index in [1.54, 1.807) is 43.5 Å². The van der Waals surface area contributed by atoms with Crippen LogP contribution >= 0.6 is 0 Å². The van der Waals surface area contributed by atoms with Crippen LogP contribution in [0.5, 0.6) is 5.75 Å². The number of nitrogens with zero attached hydrogens (tertiary/aromatic N) is 4.